The summed E-state index contributed by atoms with van der Waals surface area (Å²) in [6.07, 6.45) is 11.8. The smallest absolute Gasteiger partial charge is 0.132 e. The summed E-state index contributed by atoms with van der Waals surface area (Å²) in [6.45, 7) is 8.98. The minimum Gasteiger partial charge on any atom is -0.377 e. The Bertz CT molecular complexity index is 235. The Labute approximate surface area is 113 Å². The van der Waals surface area contributed by atoms with Crippen LogP contribution >= 0.6 is 0 Å². The number of ether oxygens (including phenoxy) is 1. The van der Waals surface area contributed by atoms with E-state index in [9.17, 15) is 4.79 Å². The van der Waals surface area contributed by atoms with E-state index in [1.807, 2.05) is 13.8 Å². The number of hydrogen-bond donors (Lipinski definition) is 0. The molecule has 0 aliphatic heterocycles. The predicted molar refractivity (Wildman–Crippen MR) is 77.8 cm³/mol. The molecule has 0 unspecified atom stereocenters. The van der Waals surface area contributed by atoms with Gasteiger partial charge in [0, 0.05) is 6.61 Å². The molecule has 0 aliphatic rings. The van der Waals surface area contributed by atoms with E-state index in [4.69, 9.17) is 4.74 Å². The zero-order chi connectivity index (χ0) is 13.9. The van der Waals surface area contributed by atoms with Gasteiger partial charge in [0.2, 0.25) is 0 Å². The van der Waals surface area contributed by atoms with E-state index in [2.05, 4.69) is 26.0 Å². The van der Waals surface area contributed by atoms with Gasteiger partial charge in [-0.05, 0) is 26.7 Å². The molecule has 0 rings (SSSR count). The van der Waals surface area contributed by atoms with Gasteiger partial charge in [-0.25, -0.2) is 0 Å². The molecule has 0 amide bonds. The molecule has 106 valence electrons. The van der Waals surface area contributed by atoms with Crippen LogP contribution < -0.4 is 0 Å². The molecule has 0 N–H and O–H groups in total. The fourth-order valence-electron chi connectivity index (χ4n) is 2.13. The van der Waals surface area contributed by atoms with Crippen LogP contribution in [0, 0.1) is 5.41 Å². The largest absolute Gasteiger partial charge is 0.377 e. The van der Waals surface area contributed by atoms with Crippen molar-refractivity contribution in [3.63, 3.8) is 0 Å². The van der Waals surface area contributed by atoms with E-state index >= 15 is 0 Å². The Morgan fingerprint density at radius 1 is 1.17 bits per heavy atom. The summed E-state index contributed by atoms with van der Waals surface area (Å²) in [5, 5.41) is 0. The minimum absolute atomic E-state index is 0.0376. The van der Waals surface area contributed by atoms with Gasteiger partial charge in [0.05, 0.1) is 11.5 Å². The number of carbonyl (C=O) groups excluding carboxylic acids is 1. The standard InChI is InChI=1S/C16H30O2/c1-5-8-10-11-13-16(14-17,12-9-6-2)15(4)18-7-3/h11,13-15H,5-10,12H2,1-4H3/b13-11+/t15-,16-/m0/s1. The van der Waals surface area contributed by atoms with E-state index < -0.39 is 5.41 Å². The van der Waals surface area contributed by atoms with Crippen molar-refractivity contribution in [2.45, 2.75) is 72.3 Å². The first-order valence-corrected chi connectivity index (χ1v) is 7.42. The van der Waals surface area contributed by atoms with Gasteiger partial charge in [-0.3, -0.25) is 0 Å². The molecule has 2 nitrogen and oxygen atoms in total. The number of unbranched alkanes of at least 4 members (excludes halogenated alkanes) is 3. The lowest BCUT2D eigenvalue weighted by Gasteiger charge is -2.31. The Balaban J connectivity index is 4.73. The monoisotopic (exact) mass is 254 g/mol. The average molecular weight is 254 g/mol. The molecule has 0 fully saturated rings. The third kappa shape index (κ3) is 5.81. The van der Waals surface area contributed by atoms with Crippen LogP contribution in [0.4, 0.5) is 0 Å². The maximum atomic E-state index is 11.6. The van der Waals surface area contributed by atoms with E-state index in [-0.39, 0.29) is 6.10 Å². The van der Waals surface area contributed by atoms with Crippen LogP contribution in [0.25, 0.3) is 0 Å². The average Bonchev–Trinajstić information content (AvgIpc) is 2.39. The molecule has 18 heavy (non-hydrogen) atoms. The summed E-state index contributed by atoms with van der Waals surface area (Å²) in [5.74, 6) is 0. The Kier molecular flexibility index (Phi) is 9.95. The molecule has 0 spiro atoms. The Morgan fingerprint density at radius 2 is 1.83 bits per heavy atom. The second kappa shape index (κ2) is 10.3. The number of allylic oxidation sites excluding steroid dienone is 1. The maximum absolute atomic E-state index is 11.6. The highest BCUT2D eigenvalue weighted by Crippen LogP contribution is 2.31. The molecular weight excluding hydrogens is 224 g/mol. The molecule has 2 atom stereocenters. The lowest BCUT2D eigenvalue weighted by molar-refractivity contribution is -0.121. The van der Waals surface area contributed by atoms with E-state index in [1.54, 1.807) is 0 Å². The number of aldehydes is 1. The summed E-state index contributed by atoms with van der Waals surface area (Å²) in [6, 6.07) is 0. The number of carbonyl (C=O) groups is 1. The van der Waals surface area contributed by atoms with Gasteiger partial charge < -0.3 is 9.53 Å². The number of rotatable bonds is 11. The van der Waals surface area contributed by atoms with Crippen LogP contribution in [0.1, 0.15) is 66.2 Å². The fourth-order valence-corrected chi connectivity index (χ4v) is 2.13. The predicted octanol–water partition coefficient (Wildman–Crippen LogP) is 4.53. The molecule has 0 radical (unpaired) electrons. The van der Waals surface area contributed by atoms with Crippen molar-refractivity contribution >= 4 is 6.29 Å². The fraction of sp³-hybridized carbons (Fsp3) is 0.812. The molecular formula is C16H30O2. The zero-order valence-corrected chi connectivity index (χ0v) is 12.6. The van der Waals surface area contributed by atoms with Gasteiger partial charge in [-0.1, -0.05) is 51.7 Å². The second-order valence-electron chi connectivity index (χ2n) is 4.98. The molecule has 0 saturated heterocycles. The van der Waals surface area contributed by atoms with Crippen molar-refractivity contribution in [1.29, 1.82) is 0 Å². The molecule has 0 aromatic carbocycles. The van der Waals surface area contributed by atoms with Crippen molar-refractivity contribution in [2.75, 3.05) is 6.61 Å². The number of hydrogen-bond acceptors (Lipinski definition) is 2. The summed E-state index contributed by atoms with van der Waals surface area (Å²) >= 11 is 0. The van der Waals surface area contributed by atoms with Crippen molar-refractivity contribution in [3.05, 3.63) is 12.2 Å². The molecule has 0 bridgehead atoms. The van der Waals surface area contributed by atoms with Crippen molar-refractivity contribution < 1.29 is 9.53 Å². The minimum atomic E-state index is -0.431. The quantitative estimate of drug-likeness (QED) is 0.307. The first kappa shape index (κ1) is 17.4. The highest BCUT2D eigenvalue weighted by molar-refractivity contribution is 5.63. The van der Waals surface area contributed by atoms with Crippen molar-refractivity contribution in [2.24, 2.45) is 5.41 Å². The normalized spacial score (nSPS) is 16.7. The second-order valence-corrected chi connectivity index (χ2v) is 4.98. The van der Waals surface area contributed by atoms with Crippen LogP contribution in [-0.2, 0) is 9.53 Å². The molecule has 0 saturated carbocycles. The zero-order valence-electron chi connectivity index (χ0n) is 12.6. The van der Waals surface area contributed by atoms with Gasteiger partial charge in [0.1, 0.15) is 6.29 Å². The van der Waals surface area contributed by atoms with E-state index in [1.165, 1.54) is 12.8 Å². The van der Waals surface area contributed by atoms with E-state index in [0.717, 1.165) is 32.0 Å². The summed E-state index contributed by atoms with van der Waals surface area (Å²) < 4.78 is 5.67. The SMILES string of the molecule is CCCC/C=C/[C@](C=O)(CCCC)[C@H](C)OCC. The van der Waals surface area contributed by atoms with Gasteiger partial charge in [-0.2, -0.15) is 0 Å². The summed E-state index contributed by atoms with van der Waals surface area (Å²) in [4.78, 5) is 11.6. The summed E-state index contributed by atoms with van der Waals surface area (Å²) in [7, 11) is 0. The third-order valence-electron chi connectivity index (χ3n) is 3.51. The Hall–Kier alpha value is -0.630. The lowest BCUT2D eigenvalue weighted by atomic mass is 9.79. The van der Waals surface area contributed by atoms with Crippen molar-refractivity contribution in [3.8, 4) is 0 Å². The highest BCUT2D eigenvalue weighted by atomic mass is 16.5. The lowest BCUT2D eigenvalue weighted by Crippen LogP contribution is -2.35. The van der Waals surface area contributed by atoms with Crippen LogP contribution in [-0.4, -0.2) is 19.0 Å². The molecule has 0 aliphatic carbocycles. The van der Waals surface area contributed by atoms with Gasteiger partial charge in [0.25, 0.3) is 0 Å². The molecule has 2 heteroatoms. The topological polar surface area (TPSA) is 26.3 Å². The van der Waals surface area contributed by atoms with E-state index in [0.29, 0.717) is 6.61 Å². The van der Waals surface area contributed by atoms with Crippen LogP contribution in [0.5, 0.6) is 0 Å². The Morgan fingerprint density at radius 3 is 2.33 bits per heavy atom. The molecule has 0 aromatic rings. The van der Waals surface area contributed by atoms with Gasteiger partial charge in [-0.15, -0.1) is 0 Å². The van der Waals surface area contributed by atoms with Gasteiger partial charge in [0.15, 0.2) is 0 Å². The first-order valence-electron chi connectivity index (χ1n) is 7.42. The third-order valence-corrected chi connectivity index (χ3v) is 3.51. The van der Waals surface area contributed by atoms with Crippen LogP contribution in [0.2, 0.25) is 0 Å². The summed E-state index contributed by atoms with van der Waals surface area (Å²) in [5.41, 5.74) is -0.431. The molecule has 0 heterocycles. The molecule has 0 aromatic heterocycles. The van der Waals surface area contributed by atoms with Crippen LogP contribution in [0.3, 0.4) is 0 Å². The van der Waals surface area contributed by atoms with Gasteiger partial charge >= 0.3 is 0 Å². The first-order chi connectivity index (χ1) is 8.66. The van der Waals surface area contributed by atoms with Crippen LogP contribution in [0.15, 0.2) is 12.2 Å². The van der Waals surface area contributed by atoms with Crippen molar-refractivity contribution in [1.82, 2.24) is 0 Å². The maximum Gasteiger partial charge on any atom is 0.132 e. The highest BCUT2D eigenvalue weighted by Gasteiger charge is 2.33.